The molecule has 1 amide bonds. The molecule has 0 unspecified atom stereocenters. The zero-order valence-electron chi connectivity index (χ0n) is 16.8. The summed E-state index contributed by atoms with van der Waals surface area (Å²) in [5.74, 6) is 0.135. The Labute approximate surface area is 173 Å². The summed E-state index contributed by atoms with van der Waals surface area (Å²) in [5.41, 5.74) is 1.61. The van der Waals surface area contributed by atoms with Crippen LogP contribution in [0.25, 0.3) is 16.9 Å². The van der Waals surface area contributed by atoms with Crippen LogP contribution in [0.15, 0.2) is 54.0 Å². The molecule has 9 nitrogen and oxygen atoms in total. The predicted molar refractivity (Wildman–Crippen MR) is 110 cm³/mol. The van der Waals surface area contributed by atoms with Gasteiger partial charge in [0.05, 0.1) is 34.6 Å². The average Bonchev–Trinajstić information content (AvgIpc) is 3.21. The van der Waals surface area contributed by atoms with Crippen molar-refractivity contribution in [3.63, 3.8) is 0 Å². The van der Waals surface area contributed by atoms with E-state index < -0.39 is 5.60 Å². The van der Waals surface area contributed by atoms with Crippen molar-refractivity contribution in [2.75, 3.05) is 13.7 Å². The third-order valence-corrected chi connectivity index (χ3v) is 4.61. The molecule has 2 heterocycles. The van der Waals surface area contributed by atoms with Crippen molar-refractivity contribution in [2.24, 2.45) is 5.18 Å². The normalized spacial score (nSPS) is 11.0. The fourth-order valence-corrected chi connectivity index (χ4v) is 2.64. The lowest BCUT2D eigenvalue weighted by Gasteiger charge is -2.23. The monoisotopic (exact) mass is 404 g/mol. The molecule has 30 heavy (non-hydrogen) atoms. The molecule has 9 heteroatoms. The van der Waals surface area contributed by atoms with Gasteiger partial charge in [0.1, 0.15) is 0 Å². The van der Waals surface area contributed by atoms with Crippen LogP contribution in [0.1, 0.15) is 29.8 Å². The first-order chi connectivity index (χ1) is 14.4. The average molecular weight is 404 g/mol. The first kappa shape index (κ1) is 20.8. The van der Waals surface area contributed by atoms with Crippen LogP contribution in [0, 0.1) is 16.2 Å². The summed E-state index contributed by atoms with van der Waals surface area (Å²) in [6.45, 7) is 4.08. The molecule has 0 saturated carbocycles. The third kappa shape index (κ3) is 4.39. The van der Waals surface area contributed by atoms with Crippen molar-refractivity contribution < 1.29 is 9.53 Å². The van der Waals surface area contributed by atoms with Crippen LogP contribution in [0.3, 0.4) is 0 Å². The minimum absolute atomic E-state index is 0.0752. The first-order valence-corrected chi connectivity index (χ1v) is 9.10. The van der Waals surface area contributed by atoms with Crippen LogP contribution in [-0.4, -0.2) is 39.9 Å². The van der Waals surface area contributed by atoms with Crippen LogP contribution in [-0.2, 0) is 4.74 Å². The molecule has 3 rings (SSSR count). The summed E-state index contributed by atoms with van der Waals surface area (Å²) in [5, 5.41) is 19.0. The van der Waals surface area contributed by atoms with E-state index in [1.54, 1.807) is 43.5 Å². The summed E-state index contributed by atoms with van der Waals surface area (Å²) in [4.78, 5) is 28.0. The van der Waals surface area contributed by atoms with E-state index in [1.807, 2.05) is 19.9 Å². The second-order valence-electron chi connectivity index (χ2n) is 7.13. The number of nitrogens with one attached hydrogen (secondary N) is 1. The maximum absolute atomic E-state index is 12.3. The minimum atomic E-state index is -0.482. The first-order valence-electron chi connectivity index (χ1n) is 9.10. The Bertz CT molecular complexity index is 1100. The minimum Gasteiger partial charge on any atom is -0.377 e. The van der Waals surface area contributed by atoms with Crippen LogP contribution in [0.2, 0.25) is 0 Å². The number of benzene rings is 1. The van der Waals surface area contributed by atoms with Gasteiger partial charge in [-0.15, -0.1) is 4.91 Å². The predicted octanol–water partition coefficient (Wildman–Crippen LogP) is 3.36. The number of pyridine rings is 1. The molecular formula is C21H20N6O3. The fraction of sp³-hybridized carbons (Fsp3) is 0.238. The SMILES string of the molecule is COC(C)(C)CNC(=O)c1ccc(-n2ncc(-c3ccc(C#N)cc3)c2N=O)nc1. The van der Waals surface area contributed by atoms with E-state index in [1.165, 1.54) is 17.1 Å². The van der Waals surface area contributed by atoms with Crippen molar-refractivity contribution in [1.82, 2.24) is 20.1 Å². The lowest BCUT2D eigenvalue weighted by molar-refractivity contribution is 0.0228. The molecule has 0 spiro atoms. The molecule has 0 aliphatic carbocycles. The second kappa shape index (κ2) is 8.63. The van der Waals surface area contributed by atoms with Gasteiger partial charge in [-0.3, -0.25) is 4.79 Å². The van der Waals surface area contributed by atoms with Gasteiger partial charge in [0, 0.05) is 19.9 Å². The number of nitroso groups, excluding NO2 is 1. The fourth-order valence-electron chi connectivity index (χ4n) is 2.64. The Hall–Kier alpha value is -3.90. The van der Waals surface area contributed by atoms with E-state index >= 15 is 0 Å². The quantitative estimate of drug-likeness (QED) is 0.603. The molecule has 0 fully saturated rings. The van der Waals surface area contributed by atoms with E-state index in [2.05, 4.69) is 20.6 Å². The van der Waals surface area contributed by atoms with Crippen LogP contribution >= 0.6 is 0 Å². The largest absolute Gasteiger partial charge is 0.377 e. The Morgan fingerprint density at radius 3 is 2.53 bits per heavy atom. The van der Waals surface area contributed by atoms with Crippen LogP contribution in [0.5, 0.6) is 0 Å². The molecule has 0 aliphatic heterocycles. The van der Waals surface area contributed by atoms with Crippen LogP contribution < -0.4 is 5.32 Å². The Morgan fingerprint density at radius 1 is 1.23 bits per heavy atom. The highest BCUT2D eigenvalue weighted by Crippen LogP contribution is 2.31. The molecule has 1 aromatic carbocycles. The van der Waals surface area contributed by atoms with E-state index in [9.17, 15) is 9.70 Å². The zero-order chi connectivity index (χ0) is 21.7. The van der Waals surface area contributed by atoms with Crippen LogP contribution in [0.4, 0.5) is 5.82 Å². The summed E-state index contributed by atoms with van der Waals surface area (Å²) < 4.78 is 6.58. The highest BCUT2D eigenvalue weighted by molar-refractivity contribution is 5.94. The number of methoxy groups -OCH3 is 1. The van der Waals surface area contributed by atoms with Crippen molar-refractivity contribution in [3.8, 4) is 23.0 Å². The molecule has 1 N–H and O–H groups in total. The smallest absolute Gasteiger partial charge is 0.252 e. The van der Waals surface area contributed by atoms with E-state index in [0.29, 0.717) is 34.6 Å². The molecule has 0 aliphatic rings. The molecule has 2 aromatic heterocycles. The highest BCUT2D eigenvalue weighted by atomic mass is 16.5. The Morgan fingerprint density at radius 2 is 1.97 bits per heavy atom. The van der Waals surface area contributed by atoms with Gasteiger partial charge in [-0.25, -0.2) is 4.98 Å². The summed E-state index contributed by atoms with van der Waals surface area (Å²) >= 11 is 0. The molecule has 152 valence electrons. The highest BCUT2D eigenvalue weighted by Gasteiger charge is 2.19. The number of hydrogen-bond donors (Lipinski definition) is 1. The number of ether oxygens (including phenoxy) is 1. The molecule has 0 saturated heterocycles. The maximum Gasteiger partial charge on any atom is 0.252 e. The second-order valence-corrected chi connectivity index (χ2v) is 7.13. The van der Waals surface area contributed by atoms with Gasteiger partial charge in [0.25, 0.3) is 5.91 Å². The molecule has 0 radical (unpaired) electrons. The van der Waals surface area contributed by atoms with Gasteiger partial charge in [0.15, 0.2) is 5.82 Å². The molecule has 3 aromatic rings. The third-order valence-electron chi connectivity index (χ3n) is 4.61. The Kier molecular flexibility index (Phi) is 5.99. The van der Waals surface area contributed by atoms with E-state index in [-0.39, 0.29) is 11.7 Å². The molecule has 0 bridgehead atoms. The van der Waals surface area contributed by atoms with Gasteiger partial charge in [-0.1, -0.05) is 12.1 Å². The van der Waals surface area contributed by atoms with Gasteiger partial charge in [0.2, 0.25) is 5.82 Å². The van der Waals surface area contributed by atoms with Crippen molar-refractivity contribution in [1.29, 1.82) is 5.26 Å². The van der Waals surface area contributed by atoms with E-state index in [4.69, 9.17) is 10.00 Å². The standard InChI is InChI=1S/C21H20N6O3/c1-21(2,30-3)13-24-20(28)16-8-9-18(23-11-16)27-19(26-29)17(12-25-27)15-6-4-14(10-22)5-7-15/h4-9,11-12H,13H2,1-3H3,(H,24,28). The van der Waals surface area contributed by atoms with Gasteiger partial charge in [-0.2, -0.15) is 15.0 Å². The maximum atomic E-state index is 12.3. The number of nitrogens with zero attached hydrogens (tertiary/aromatic N) is 5. The summed E-state index contributed by atoms with van der Waals surface area (Å²) in [6, 6.07) is 12.0. The lowest BCUT2D eigenvalue weighted by Crippen LogP contribution is -2.39. The van der Waals surface area contributed by atoms with Crippen molar-refractivity contribution in [3.05, 3.63) is 64.8 Å². The number of aromatic nitrogens is 3. The van der Waals surface area contributed by atoms with Crippen molar-refractivity contribution in [2.45, 2.75) is 19.4 Å². The van der Waals surface area contributed by atoms with Gasteiger partial charge >= 0.3 is 0 Å². The molecule has 0 atom stereocenters. The van der Waals surface area contributed by atoms with Crippen molar-refractivity contribution >= 4 is 11.7 Å². The lowest BCUT2D eigenvalue weighted by atomic mass is 10.1. The number of carbonyl (C=O) groups excluding carboxylic acids is 1. The Balaban J connectivity index is 1.83. The summed E-state index contributed by atoms with van der Waals surface area (Å²) in [7, 11) is 1.58. The topological polar surface area (TPSA) is 122 Å². The number of rotatable bonds is 7. The number of nitriles is 1. The zero-order valence-corrected chi connectivity index (χ0v) is 16.8. The number of hydrogen-bond acceptors (Lipinski definition) is 7. The molecular weight excluding hydrogens is 384 g/mol. The van der Waals surface area contributed by atoms with Gasteiger partial charge in [-0.05, 0) is 48.9 Å². The summed E-state index contributed by atoms with van der Waals surface area (Å²) in [6.07, 6.45) is 2.91. The number of amides is 1. The van der Waals surface area contributed by atoms with Gasteiger partial charge < -0.3 is 10.1 Å². The van der Waals surface area contributed by atoms with E-state index in [0.717, 1.165) is 0 Å². The number of carbonyl (C=O) groups is 1.